The lowest BCUT2D eigenvalue weighted by molar-refractivity contribution is 0.402. The standard InChI is InChI=1S/C26H38O2/c1-3-5-7-8-9-11-17-22(16-10-6-4-2)23-18-12-14-20-25(23)28-26-21-15-13-19-24(26)27/h12-15,18-22,27H,3-11,16-17H2,1-2H3. The third kappa shape index (κ3) is 7.58. The van der Waals surface area contributed by atoms with E-state index in [2.05, 4.69) is 26.0 Å². The summed E-state index contributed by atoms with van der Waals surface area (Å²) < 4.78 is 6.14. The Morgan fingerprint density at radius 1 is 0.679 bits per heavy atom. The molecule has 0 radical (unpaired) electrons. The molecule has 28 heavy (non-hydrogen) atoms. The Morgan fingerprint density at radius 3 is 1.93 bits per heavy atom. The highest BCUT2D eigenvalue weighted by molar-refractivity contribution is 5.45. The molecule has 1 atom stereocenters. The number of hydrogen-bond acceptors (Lipinski definition) is 2. The molecule has 0 aliphatic carbocycles. The largest absolute Gasteiger partial charge is 0.504 e. The van der Waals surface area contributed by atoms with Gasteiger partial charge in [-0.2, -0.15) is 0 Å². The fourth-order valence-electron chi connectivity index (χ4n) is 3.84. The zero-order chi connectivity index (χ0) is 20.0. The van der Waals surface area contributed by atoms with Crippen LogP contribution in [0.3, 0.4) is 0 Å². The van der Waals surface area contributed by atoms with E-state index in [0.717, 1.165) is 5.75 Å². The van der Waals surface area contributed by atoms with Gasteiger partial charge in [0.2, 0.25) is 0 Å². The van der Waals surface area contributed by atoms with Crippen LogP contribution in [0.5, 0.6) is 17.2 Å². The highest BCUT2D eigenvalue weighted by Gasteiger charge is 2.17. The molecule has 0 aliphatic heterocycles. The van der Waals surface area contributed by atoms with Crippen molar-refractivity contribution in [1.29, 1.82) is 0 Å². The number of phenols is 1. The summed E-state index contributed by atoms with van der Waals surface area (Å²) in [5.41, 5.74) is 1.29. The number of benzene rings is 2. The van der Waals surface area contributed by atoms with Crippen molar-refractivity contribution in [3.05, 3.63) is 54.1 Å². The average Bonchev–Trinajstić information content (AvgIpc) is 2.71. The van der Waals surface area contributed by atoms with Crippen LogP contribution in [0, 0.1) is 0 Å². The van der Waals surface area contributed by atoms with Crippen molar-refractivity contribution >= 4 is 0 Å². The maximum Gasteiger partial charge on any atom is 0.169 e. The summed E-state index contributed by atoms with van der Waals surface area (Å²) in [5.74, 6) is 2.13. The van der Waals surface area contributed by atoms with Crippen LogP contribution >= 0.6 is 0 Å². The van der Waals surface area contributed by atoms with Crippen molar-refractivity contribution in [3.63, 3.8) is 0 Å². The summed E-state index contributed by atoms with van der Waals surface area (Å²) in [6.45, 7) is 4.53. The van der Waals surface area contributed by atoms with Crippen LogP contribution in [0.2, 0.25) is 0 Å². The predicted octanol–water partition coefficient (Wildman–Crippen LogP) is 8.60. The van der Waals surface area contributed by atoms with E-state index in [1.54, 1.807) is 6.07 Å². The maximum atomic E-state index is 10.1. The Labute approximate surface area is 172 Å². The van der Waals surface area contributed by atoms with E-state index in [1.165, 1.54) is 76.2 Å². The molecule has 0 spiro atoms. The summed E-state index contributed by atoms with van der Waals surface area (Å²) in [6.07, 6.45) is 14.2. The molecule has 2 rings (SSSR count). The second-order valence-electron chi connectivity index (χ2n) is 7.86. The Balaban J connectivity index is 2.07. The number of ether oxygens (including phenoxy) is 1. The molecule has 0 aromatic heterocycles. The quantitative estimate of drug-likeness (QED) is 0.331. The van der Waals surface area contributed by atoms with Gasteiger partial charge in [-0.25, -0.2) is 0 Å². The minimum atomic E-state index is 0.191. The molecule has 0 saturated heterocycles. The van der Waals surface area contributed by atoms with E-state index in [4.69, 9.17) is 4.74 Å². The Kier molecular flexibility index (Phi) is 10.6. The topological polar surface area (TPSA) is 29.5 Å². The fraction of sp³-hybridized carbons (Fsp3) is 0.538. The monoisotopic (exact) mass is 382 g/mol. The molecule has 154 valence electrons. The first-order valence-electron chi connectivity index (χ1n) is 11.3. The Bertz CT molecular complexity index is 665. The summed E-state index contributed by atoms with van der Waals surface area (Å²) >= 11 is 0. The first-order valence-corrected chi connectivity index (χ1v) is 11.3. The van der Waals surface area contributed by atoms with Crippen LogP contribution in [-0.2, 0) is 0 Å². The van der Waals surface area contributed by atoms with Crippen LogP contribution in [0.25, 0.3) is 0 Å². The average molecular weight is 383 g/mol. The molecule has 2 aromatic rings. The number of para-hydroxylation sites is 3. The number of unbranched alkanes of at least 4 members (excludes halogenated alkanes) is 7. The molecule has 0 fully saturated rings. The highest BCUT2D eigenvalue weighted by Crippen LogP contribution is 2.38. The predicted molar refractivity (Wildman–Crippen MR) is 119 cm³/mol. The first kappa shape index (κ1) is 22.3. The SMILES string of the molecule is CCCCCCCCC(CCCCC)c1ccccc1Oc1ccccc1O. The summed E-state index contributed by atoms with van der Waals surface area (Å²) in [4.78, 5) is 0. The fourth-order valence-corrected chi connectivity index (χ4v) is 3.84. The minimum Gasteiger partial charge on any atom is -0.504 e. The number of rotatable bonds is 14. The molecular weight excluding hydrogens is 344 g/mol. The molecule has 2 heteroatoms. The van der Waals surface area contributed by atoms with E-state index in [0.29, 0.717) is 11.7 Å². The van der Waals surface area contributed by atoms with Gasteiger partial charge < -0.3 is 9.84 Å². The van der Waals surface area contributed by atoms with Gasteiger partial charge in [-0.1, -0.05) is 102 Å². The number of aromatic hydroxyl groups is 1. The molecule has 0 aliphatic rings. The van der Waals surface area contributed by atoms with Gasteiger partial charge >= 0.3 is 0 Å². The number of phenolic OH excluding ortho intramolecular Hbond substituents is 1. The van der Waals surface area contributed by atoms with E-state index in [-0.39, 0.29) is 5.75 Å². The molecule has 2 nitrogen and oxygen atoms in total. The van der Waals surface area contributed by atoms with Crippen LogP contribution in [0.4, 0.5) is 0 Å². The van der Waals surface area contributed by atoms with Gasteiger partial charge in [0.05, 0.1) is 0 Å². The molecule has 1 unspecified atom stereocenters. The Morgan fingerprint density at radius 2 is 1.21 bits per heavy atom. The third-order valence-corrected chi connectivity index (χ3v) is 5.51. The van der Waals surface area contributed by atoms with Crippen LogP contribution in [0.1, 0.15) is 96.0 Å². The van der Waals surface area contributed by atoms with Gasteiger partial charge in [-0.05, 0) is 42.5 Å². The van der Waals surface area contributed by atoms with Gasteiger partial charge in [0.25, 0.3) is 0 Å². The molecule has 0 bridgehead atoms. The minimum absolute atomic E-state index is 0.191. The first-order chi connectivity index (χ1) is 13.8. The van der Waals surface area contributed by atoms with Gasteiger partial charge in [-0.3, -0.25) is 0 Å². The summed E-state index contributed by atoms with van der Waals surface area (Å²) in [5, 5.41) is 10.1. The zero-order valence-corrected chi connectivity index (χ0v) is 17.8. The highest BCUT2D eigenvalue weighted by atomic mass is 16.5. The van der Waals surface area contributed by atoms with Crippen molar-refractivity contribution in [2.24, 2.45) is 0 Å². The van der Waals surface area contributed by atoms with Crippen molar-refractivity contribution in [2.45, 2.75) is 90.4 Å². The van der Waals surface area contributed by atoms with Crippen molar-refractivity contribution in [2.75, 3.05) is 0 Å². The van der Waals surface area contributed by atoms with Gasteiger partial charge in [-0.15, -0.1) is 0 Å². The van der Waals surface area contributed by atoms with Crippen molar-refractivity contribution in [1.82, 2.24) is 0 Å². The summed E-state index contributed by atoms with van der Waals surface area (Å²) in [6, 6.07) is 15.6. The zero-order valence-electron chi connectivity index (χ0n) is 17.8. The van der Waals surface area contributed by atoms with Gasteiger partial charge in [0, 0.05) is 0 Å². The summed E-state index contributed by atoms with van der Waals surface area (Å²) in [7, 11) is 0. The number of hydrogen-bond donors (Lipinski definition) is 1. The van der Waals surface area contributed by atoms with E-state index < -0.39 is 0 Å². The van der Waals surface area contributed by atoms with E-state index >= 15 is 0 Å². The molecular formula is C26H38O2. The van der Waals surface area contributed by atoms with Crippen LogP contribution in [0.15, 0.2) is 48.5 Å². The lowest BCUT2D eigenvalue weighted by Crippen LogP contribution is -2.02. The molecule has 1 N–H and O–H groups in total. The van der Waals surface area contributed by atoms with Gasteiger partial charge in [0.1, 0.15) is 5.75 Å². The molecule has 2 aromatic carbocycles. The lowest BCUT2D eigenvalue weighted by atomic mass is 9.87. The molecule has 0 amide bonds. The van der Waals surface area contributed by atoms with E-state index in [9.17, 15) is 5.11 Å². The van der Waals surface area contributed by atoms with E-state index in [1.807, 2.05) is 30.3 Å². The van der Waals surface area contributed by atoms with Crippen molar-refractivity contribution < 1.29 is 9.84 Å². The van der Waals surface area contributed by atoms with Gasteiger partial charge in [0.15, 0.2) is 11.5 Å². The Hall–Kier alpha value is -1.96. The second kappa shape index (κ2) is 13.3. The molecule has 0 heterocycles. The maximum absolute atomic E-state index is 10.1. The lowest BCUT2D eigenvalue weighted by Gasteiger charge is -2.21. The third-order valence-electron chi connectivity index (χ3n) is 5.51. The molecule has 0 saturated carbocycles. The van der Waals surface area contributed by atoms with Crippen molar-refractivity contribution in [3.8, 4) is 17.2 Å². The van der Waals surface area contributed by atoms with Crippen LogP contribution < -0.4 is 4.74 Å². The normalized spacial score (nSPS) is 12.1. The van der Waals surface area contributed by atoms with Crippen LogP contribution in [-0.4, -0.2) is 5.11 Å². The smallest absolute Gasteiger partial charge is 0.169 e. The second-order valence-corrected chi connectivity index (χ2v) is 7.86.